The van der Waals surface area contributed by atoms with E-state index >= 15 is 0 Å². The fourth-order valence-corrected chi connectivity index (χ4v) is 4.67. The summed E-state index contributed by atoms with van der Waals surface area (Å²) in [4.78, 5) is 0. The third-order valence-electron chi connectivity index (χ3n) is 1.99. The molecule has 1 aromatic carbocycles. The molecule has 1 aromatic rings. The number of hydrogen-bond donors (Lipinski definition) is 0. The monoisotopic (exact) mass is 230 g/mol. The third kappa shape index (κ3) is 2.36. The Bertz CT molecular complexity index is 282. The molecule has 0 amide bonds. The van der Waals surface area contributed by atoms with Crippen LogP contribution in [-0.2, 0) is 0 Å². The average molecular weight is 231 g/mol. The largest absolute Gasteiger partial charge is 0.143 e. The van der Waals surface area contributed by atoms with Crippen LogP contribution in [0.2, 0.25) is 5.02 Å². The molecule has 1 fully saturated rings. The van der Waals surface area contributed by atoms with Crippen LogP contribution in [0.3, 0.4) is 0 Å². The number of benzene rings is 1. The third-order valence-corrected chi connectivity index (χ3v) is 5.31. The molecule has 0 aromatic heterocycles. The van der Waals surface area contributed by atoms with Crippen LogP contribution < -0.4 is 0 Å². The zero-order valence-corrected chi connectivity index (χ0v) is 9.59. The maximum atomic E-state index is 6.13. The van der Waals surface area contributed by atoms with Gasteiger partial charge in [-0.05, 0) is 29.6 Å². The lowest BCUT2D eigenvalue weighted by Gasteiger charge is -2.21. The Morgan fingerprint density at radius 3 is 2.54 bits per heavy atom. The summed E-state index contributed by atoms with van der Waals surface area (Å²) in [6.45, 7) is 0. The molecule has 1 saturated heterocycles. The smallest absolute Gasteiger partial charge is 0.0765 e. The van der Waals surface area contributed by atoms with Crippen LogP contribution in [0.25, 0.3) is 0 Å². The minimum Gasteiger partial charge on any atom is -0.143 e. The van der Waals surface area contributed by atoms with Gasteiger partial charge < -0.3 is 0 Å². The molecule has 0 unspecified atom stereocenters. The highest BCUT2D eigenvalue weighted by molar-refractivity contribution is 8.16. The van der Waals surface area contributed by atoms with Gasteiger partial charge in [0.25, 0.3) is 0 Å². The lowest BCUT2D eigenvalue weighted by atomic mass is 10.2. The fourth-order valence-electron chi connectivity index (χ4n) is 1.33. The summed E-state index contributed by atoms with van der Waals surface area (Å²) >= 11 is 10.1. The van der Waals surface area contributed by atoms with Crippen LogP contribution in [0.5, 0.6) is 0 Å². The lowest BCUT2D eigenvalue weighted by Crippen LogP contribution is -2.00. The molecule has 3 heteroatoms. The molecule has 0 bridgehead atoms. The van der Waals surface area contributed by atoms with Gasteiger partial charge in [-0.1, -0.05) is 29.8 Å². The van der Waals surface area contributed by atoms with E-state index in [1.807, 2.05) is 35.7 Å². The van der Waals surface area contributed by atoms with E-state index in [-0.39, 0.29) is 0 Å². The summed E-state index contributed by atoms with van der Waals surface area (Å²) in [6, 6.07) is 8.17. The molecular formula is C10H11ClS2. The maximum Gasteiger partial charge on any atom is 0.0765 e. The van der Waals surface area contributed by atoms with Gasteiger partial charge in [0, 0.05) is 5.02 Å². The topological polar surface area (TPSA) is 0 Å². The van der Waals surface area contributed by atoms with Crippen LogP contribution >= 0.6 is 35.1 Å². The van der Waals surface area contributed by atoms with Gasteiger partial charge >= 0.3 is 0 Å². The Balaban J connectivity index is 2.18. The fraction of sp³-hybridized carbons (Fsp3) is 0.400. The van der Waals surface area contributed by atoms with Crippen LogP contribution in [-0.4, -0.2) is 11.5 Å². The first kappa shape index (κ1) is 9.75. The zero-order chi connectivity index (χ0) is 9.10. The van der Waals surface area contributed by atoms with Gasteiger partial charge in [-0.3, -0.25) is 0 Å². The van der Waals surface area contributed by atoms with E-state index in [2.05, 4.69) is 12.1 Å². The highest BCUT2D eigenvalue weighted by Crippen LogP contribution is 2.45. The van der Waals surface area contributed by atoms with Gasteiger partial charge in [-0.15, -0.1) is 23.5 Å². The zero-order valence-electron chi connectivity index (χ0n) is 7.20. The van der Waals surface area contributed by atoms with Gasteiger partial charge in [-0.25, -0.2) is 0 Å². The molecule has 0 radical (unpaired) electrons. The second-order valence-electron chi connectivity index (χ2n) is 2.95. The number of thioether (sulfide) groups is 2. The van der Waals surface area contributed by atoms with Crippen molar-refractivity contribution in [3.05, 3.63) is 34.9 Å². The first-order valence-electron chi connectivity index (χ1n) is 4.35. The summed E-state index contributed by atoms with van der Waals surface area (Å²) in [5.41, 5.74) is 1.29. The number of halogens is 1. The average Bonchev–Trinajstić information content (AvgIpc) is 2.20. The van der Waals surface area contributed by atoms with E-state index in [0.717, 1.165) is 5.02 Å². The van der Waals surface area contributed by atoms with Gasteiger partial charge in [0.1, 0.15) is 0 Å². The second kappa shape index (κ2) is 4.63. The minimum absolute atomic E-state index is 0.558. The van der Waals surface area contributed by atoms with Crippen molar-refractivity contribution in [3.8, 4) is 0 Å². The molecule has 1 heterocycles. The first-order valence-corrected chi connectivity index (χ1v) is 6.83. The minimum atomic E-state index is 0.558. The standard InChI is InChI=1S/C10H11ClS2/c11-9-5-2-1-4-8(9)10-12-6-3-7-13-10/h1-2,4-5,10H,3,6-7H2. The van der Waals surface area contributed by atoms with Crippen molar-refractivity contribution < 1.29 is 0 Å². The van der Waals surface area contributed by atoms with Crippen molar-refractivity contribution in [2.75, 3.05) is 11.5 Å². The predicted molar refractivity (Wildman–Crippen MR) is 63.7 cm³/mol. The molecule has 0 saturated carbocycles. The van der Waals surface area contributed by atoms with Crippen molar-refractivity contribution in [3.63, 3.8) is 0 Å². The molecular weight excluding hydrogens is 220 g/mol. The van der Waals surface area contributed by atoms with Crippen molar-refractivity contribution in [1.29, 1.82) is 0 Å². The van der Waals surface area contributed by atoms with E-state index in [1.54, 1.807) is 0 Å². The maximum absolute atomic E-state index is 6.13. The molecule has 1 aliphatic rings. The Morgan fingerprint density at radius 2 is 1.85 bits per heavy atom. The van der Waals surface area contributed by atoms with E-state index in [0.29, 0.717) is 4.58 Å². The highest BCUT2D eigenvalue weighted by Gasteiger charge is 2.18. The van der Waals surface area contributed by atoms with Gasteiger partial charge in [0.15, 0.2) is 0 Å². The van der Waals surface area contributed by atoms with E-state index in [1.165, 1.54) is 23.5 Å². The Kier molecular flexibility index (Phi) is 3.47. The van der Waals surface area contributed by atoms with Crippen molar-refractivity contribution in [2.45, 2.75) is 11.0 Å². The van der Waals surface area contributed by atoms with E-state index in [9.17, 15) is 0 Å². The number of hydrogen-bond acceptors (Lipinski definition) is 2. The molecule has 13 heavy (non-hydrogen) atoms. The molecule has 0 nitrogen and oxygen atoms in total. The summed E-state index contributed by atoms with van der Waals surface area (Å²) in [7, 11) is 0. The van der Waals surface area contributed by atoms with E-state index < -0.39 is 0 Å². The van der Waals surface area contributed by atoms with Crippen molar-refractivity contribution >= 4 is 35.1 Å². The summed E-state index contributed by atoms with van der Waals surface area (Å²) in [5, 5.41) is 0.911. The molecule has 0 atom stereocenters. The van der Waals surface area contributed by atoms with Gasteiger partial charge in [-0.2, -0.15) is 0 Å². The van der Waals surface area contributed by atoms with E-state index in [4.69, 9.17) is 11.6 Å². The Hall–Kier alpha value is 0.210. The molecule has 0 spiro atoms. The highest BCUT2D eigenvalue weighted by atomic mass is 35.5. The molecule has 0 N–H and O–H groups in total. The van der Waals surface area contributed by atoms with Crippen LogP contribution in [0.1, 0.15) is 16.6 Å². The van der Waals surface area contributed by atoms with Crippen LogP contribution in [0, 0.1) is 0 Å². The number of rotatable bonds is 1. The second-order valence-corrected chi connectivity index (χ2v) is 6.08. The normalized spacial score (nSPS) is 18.8. The molecule has 70 valence electrons. The first-order chi connectivity index (χ1) is 6.38. The van der Waals surface area contributed by atoms with Crippen LogP contribution in [0.4, 0.5) is 0 Å². The predicted octanol–water partition coefficient (Wildman–Crippen LogP) is 4.21. The molecule has 2 rings (SSSR count). The van der Waals surface area contributed by atoms with Gasteiger partial charge in [0.05, 0.1) is 4.58 Å². The molecule has 1 aliphatic heterocycles. The van der Waals surface area contributed by atoms with Crippen molar-refractivity contribution in [1.82, 2.24) is 0 Å². The van der Waals surface area contributed by atoms with Crippen LogP contribution in [0.15, 0.2) is 24.3 Å². The Morgan fingerprint density at radius 1 is 1.15 bits per heavy atom. The van der Waals surface area contributed by atoms with Crippen molar-refractivity contribution in [2.24, 2.45) is 0 Å². The summed E-state index contributed by atoms with van der Waals surface area (Å²) in [6.07, 6.45) is 1.33. The summed E-state index contributed by atoms with van der Waals surface area (Å²) in [5.74, 6) is 2.53. The van der Waals surface area contributed by atoms with Gasteiger partial charge in [0.2, 0.25) is 0 Å². The Labute approximate surface area is 92.4 Å². The molecule has 0 aliphatic carbocycles. The summed E-state index contributed by atoms with van der Waals surface area (Å²) < 4.78 is 0.558. The lowest BCUT2D eigenvalue weighted by molar-refractivity contribution is 1.10. The quantitative estimate of drug-likeness (QED) is 0.709. The SMILES string of the molecule is Clc1ccccc1C1SCCCS1.